The molecule has 0 unspecified atom stereocenters. The standard InChI is InChI=1S/C20H24N4O4S/c1-14(2)16-8-6-15(7-9-16)10-11-24(13-19(25)23-22)29(27,28)18-5-3-4-17(12-21)20(18)26/h3-9,14,26H,10-11,13,22H2,1-2H3,(H,23,25). The molecule has 9 heteroatoms. The Morgan fingerprint density at radius 2 is 1.90 bits per heavy atom. The van der Waals surface area contributed by atoms with Crippen molar-refractivity contribution in [3.63, 3.8) is 0 Å². The molecule has 8 nitrogen and oxygen atoms in total. The zero-order valence-corrected chi connectivity index (χ0v) is 17.1. The number of sulfonamides is 1. The van der Waals surface area contributed by atoms with Crippen LogP contribution >= 0.6 is 0 Å². The van der Waals surface area contributed by atoms with E-state index in [9.17, 15) is 18.3 Å². The highest BCUT2D eigenvalue weighted by molar-refractivity contribution is 7.89. The second-order valence-electron chi connectivity index (χ2n) is 6.82. The summed E-state index contributed by atoms with van der Waals surface area (Å²) in [5.74, 6) is 4.16. The summed E-state index contributed by atoms with van der Waals surface area (Å²) in [6.07, 6.45) is 0.355. The molecule has 0 fully saturated rings. The van der Waals surface area contributed by atoms with Gasteiger partial charge in [-0.3, -0.25) is 10.2 Å². The number of nitrogens with zero attached hydrogens (tertiary/aromatic N) is 2. The lowest BCUT2D eigenvalue weighted by atomic mass is 10.0. The Morgan fingerprint density at radius 1 is 1.24 bits per heavy atom. The van der Waals surface area contributed by atoms with E-state index in [-0.39, 0.29) is 12.1 Å². The Hall–Kier alpha value is -2.93. The van der Waals surface area contributed by atoms with Crippen LogP contribution in [0.3, 0.4) is 0 Å². The summed E-state index contributed by atoms with van der Waals surface area (Å²) in [7, 11) is -4.25. The van der Waals surface area contributed by atoms with E-state index in [1.807, 2.05) is 29.7 Å². The molecule has 29 heavy (non-hydrogen) atoms. The van der Waals surface area contributed by atoms with Crippen LogP contribution in [0, 0.1) is 11.3 Å². The minimum Gasteiger partial charge on any atom is -0.505 e. The van der Waals surface area contributed by atoms with Gasteiger partial charge in [-0.2, -0.15) is 9.57 Å². The number of hydrazine groups is 1. The maximum Gasteiger partial charge on any atom is 0.249 e. The molecule has 0 saturated carbocycles. The SMILES string of the molecule is CC(C)c1ccc(CCN(CC(=O)NN)S(=O)(=O)c2cccc(C#N)c2O)cc1. The zero-order chi connectivity index (χ0) is 21.6. The van der Waals surface area contributed by atoms with E-state index in [0.717, 1.165) is 9.87 Å². The number of aromatic hydroxyl groups is 1. The van der Waals surface area contributed by atoms with Gasteiger partial charge in [0.15, 0.2) is 5.75 Å². The number of carbonyl (C=O) groups excluding carboxylic acids is 1. The molecule has 0 aliphatic rings. The first-order valence-electron chi connectivity index (χ1n) is 9.01. The number of nitriles is 1. The Kier molecular flexibility index (Phi) is 7.34. The lowest BCUT2D eigenvalue weighted by Crippen LogP contribution is -2.43. The molecule has 0 atom stereocenters. The molecule has 0 aromatic heterocycles. The monoisotopic (exact) mass is 416 g/mol. The van der Waals surface area contributed by atoms with Crippen LogP contribution in [0.2, 0.25) is 0 Å². The maximum absolute atomic E-state index is 13.1. The molecule has 2 aromatic rings. The molecule has 0 aliphatic heterocycles. The van der Waals surface area contributed by atoms with Gasteiger partial charge >= 0.3 is 0 Å². The van der Waals surface area contributed by atoms with E-state index >= 15 is 0 Å². The number of phenols is 1. The lowest BCUT2D eigenvalue weighted by Gasteiger charge is -2.22. The molecule has 4 N–H and O–H groups in total. The molecule has 0 spiro atoms. The smallest absolute Gasteiger partial charge is 0.249 e. The number of rotatable bonds is 8. The molecule has 0 bridgehead atoms. The van der Waals surface area contributed by atoms with Crippen LogP contribution in [0.4, 0.5) is 0 Å². The van der Waals surface area contributed by atoms with Gasteiger partial charge in [-0.15, -0.1) is 0 Å². The first-order valence-corrected chi connectivity index (χ1v) is 10.4. The first-order chi connectivity index (χ1) is 13.7. The van der Waals surface area contributed by atoms with E-state index in [1.54, 1.807) is 6.07 Å². The van der Waals surface area contributed by atoms with E-state index < -0.39 is 33.1 Å². The zero-order valence-electron chi connectivity index (χ0n) is 16.3. The fraction of sp³-hybridized carbons (Fsp3) is 0.300. The molecule has 154 valence electrons. The summed E-state index contributed by atoms with van der Waals surface area (Å²) < 4.78 is 27.1. The third kappa shape index (κ3) is 5.32. The molecule has 2 aromatic carbocycles. The summed E-state index contributed by atoms with van der Waals surface area (Å²) in [5, 5.41) is 19.2. The van der Waals surface area contributed by atoms with Gasteiger partial charge in [0.1, 0.15) is 11.0 Å². The minimum atomic E-state index is -4.25. The highest BCUT2D eigenvalue weighted by atomic mass is 32.2. The number of para-hydroxylation sites is 1. The van der Waals surface area contributed by atoms with E-state index in [1.165, 1.54) is 23.8 Å². The number of phenolic OH excluding ortho intramolecular Hbond substituents is 1. The van der Waals surface area contributed by atoms with Crippen molar-refractivity contribution in [3.8, 4) is 11.8 Å². The quantitative estimate of drug-likeness (QED) is 0.340. The average Bonchev–Trinajstić information content (AvgIpc) is 2.70. The number of carbonyl (C=O) groups is 1. The van der Waals surface area contributed by atoms with Crippen LogP contribution in [-0.4, -0.2) is 36.8 Å². The van der Waals surface area contributed by atoms with Crippen molar-refractivity contribution >= 4 is 15.9 Å². The first kappa shape index (κ1) is 22.4. The van der Waals surface area contributed by atoms with Crippen molar-refractivity contribution in [2.75, 3.05) is 13.1 Å². The van der Waals surface area contributed by atoms with Crippen LogP contribution in [0.1, 0.15) is 36.5 Å². The summed E-state index contributed by atoms with van der Waals surface area (Å²) in [6, 6.07) is 13.4. The Labute approximate surface area is 170 Å². The van der Waals surface area contributed by atoms with Gasteiger partial charge in [0.25, 0.3) is 0 Å². The van der Waals surface area contributed by atoms with Crippen LogP contribution < -0.4 is 11.3 Å². The van der Waals surface area contributed by atoms with Crippen LogP contribution in [0.15, 0.2) is 47.4 Å². The van der Waals surface area contributed by atoms with Gasteiger partial charge < -0.3 is 5.11 Å². The van der Waals surface area contributed by atoms with Gasteiger partial charge in [0, 0.05) is 6.54 Å². The number of nitrogens with two attached hydrogens (primary N) is 1. The number of benzene rings is 2. The molecular formula is C20H24N4O4S. The Balaban J connectivity index is 2.32. The molecule has 2 rings (SSSR count). The average molecular weight is 417 g/mol. The fourth-order valence-electron chi connectivity index (χ4n) is 2.77. The van der Waals surface area contributed by atoms with Gasteiger partial charge in [-0.05, 0) is 35.6 Å². The van der Waals surface area contributed by atoms with Crippen LogP contribution in [0.25, 0.3) is 0 Å². The van der Waals surface area contributed by atoms with Crippen molar-refractivity contribution in [1.82, 2.24) is 9.73 Å². The molecule has 0 aliphatic carbocycles. The van der Waals surface area contributed by atoms with E-state index in [0.29, 0.717) is 12.3 Å². The highest BCUT2D eigenvalue weighted by Gasteiger charge is 2.29. The topological polar surface area (TPSA) is 137 Å². The van der Waals surface area contributed by atoms with Crippen molar-refractivity contribution in [2.24, 2.45) is 5.84 Å². The maximum atomic E-state index is 13.1. The van der Waals surface area contributed by atoms with Gasteiger partial charge in [-0.25, -0.2) is 14.3 Å². The highest BCUT2D eigenvalue weighted by Crippen LogP contribution is 2.29. The third-order valence-electron chi connectivity index (χ3n) is 4.51. The van der Waals surface area contributed by atoms with Crippen LogP contribution in [0.5, 0.6) is 5.75 Å². The summed E-state index contributed by atoms with van der Waals surface area (Å²) in [4.78, 5) is 11.3. The van der Waals surface area contributed by atoms with Gasteiger partial charge in [-0.1, -0.05) is 44.2 Å². The summed E-state index contributed by atoms with van der Waals surface area (Å²) in [5.41, 5.74) is 3.81. The van der Waals surface area contributed by atoms with Gasteiger partial charge in [0.05, 0.1) is 12.1 Å². The third-order valence-corrected chi connectivity index (χ3v) is 6.39. The minimum absolute atomic E-state index is 0.00694. The second kappa shape index (κ2) is 9.52. The van der Waals surface area contributed by atoms with E-state index in [2.05, 4.69) is 13.8 Å². The molecule has 0 radical (unpaired) electrons. The predicted molar refractivity (Wildman–Crippen MR) is 108 cm³/mol. The number of amides is 1. The number of hydrogen-bond acceptors (Lipinski definition) is 6. The molecular weight excluding hydrogens is 392 g/mol. The second-order valence-corrected chi connectivity index (χ2v) is 8.72. The summed E-state index contributed by atoms with van der Waals surface area (Å²) >= 11 is 0. The number of nitrogens with one attached hydrogen (secondary N) is 1. The number of hydrogen-bond donors (Lipinski definition) is 3. The largest absolute Gasteiger partial charge is 0.505 e. The van der Waals surface area contributed by atoms with Crippen molar-refractivity contribution in [1.29, 1.82) is 5.26 Å². The normalized spacial score (nSPS) is 11.4. The summed E-state index contributed by atoms with van der Waals surface area (Å²) in [6.45, 7) is 3.64. The lowest BCUT2D eigenvalue weighted by molar-refractivity contribution is -0.121. The Morgan fingerprint density at radius 3 is 2.45 bits per heavy atom. The predicted octanol–water partition coefficient (Wildman–Crippen LogP) is 1.61. The molecule has 0 heterocycles. The molecule has 0 saturated heterocycles. The molecule has 1 amide bonds. The van der Waals surface area contributed by atoms with E-state index in [4.69, 9.17) is 11.1 Å². The van der Waals surface area contributed by atoms with Gasteiger partial charge in [0.2, 0.25) is 15.9 Å². The van der Waals surface area contributed by atoms with Crippen molar-refractivity contribution < 1.29 is 18.3 Å². The van der Waals surface area contributed by atoms with Crippen molar-refractivity contribution in [2.45, 2.75) is 31.1 Å². The van der Waals surface area contributed by atoms with Crippen molar-refractivity contribution in [3.05, 3.63) is 59.2 Å². The fourth-order valence-corrected chi connectivity index (χ4v) is 4.27. The Bertz CT molecular complexity index is 1010. The van der Waals surface area contributed by atoms with Crippen LogP contribution in [-0.2, 0) is 21.2 Å².